The van der Waals surface area contributed by atoms with Gasteiger partial charge in [0, 0.05) is 24.5 Å². The molecule has 1 unspecified atom stereocenters. The van der Waals surface area contributed by atoms with Gasteiger partial charge >= 0.3 is 0 Å². The lowest BCUT2D eigenvalue weighted by molar-refractivity contribution is 0.0148. The van der Waals surface area contributed by atoms with Gasteiger partial charge in [0.15, 0.2) is 0 Å². The van der Waals surface area contributed by atoms with E-state index in [0.29, 0.717) is 17.6 Å². The summed E-state index contributed by atoms with van der Waals surface area (Å²) in [4.78, 5) is 0. The molecule has 3 rings (SSSR count). The summed E-state index contributed by atoms with van der Waals surface area (Å²) in [6, 6.07) is 7.37. The van der Waals surface area contributed by atoms with Crippen LogP contribution < -0.4 is 0 Å². The Hall–Kier alpha value is -2.36. The summed E-state index contributed by atoms with van der Waals surface area (Å²) in [5, 5.41) is 0. The fourth-order valence-corrected chi connectivity index (χ4v) is 4.61. The quantitative estimate of drug-likeness (QED) is 0.305. The van der Waals surface area contributed by atoms with Crippen molar-refractivity contribution in [1.29, 1.82) is 0 Å². The first-order chi connectivity index (χ1) is 14.5. The highest BCUT2D eigenvalue weighted by atomic mass is 19.3. The molecule has 1 aliphatic carbocycles. The van der Waals surface area contributed by atoms with Crippen LogP contribution in [-0.2, 0) is 6.42 Å². The van der Waals surface area contributed by atoms with Gasteiger partial charge in [-0.3, -0.25) is 0 Å². The maximum atomic E-state index is 14.4. The van der Waals surface area contributed by atoms with Crippen LogP contribution in [0.5, 0.6) is 0 Å². The molecule has 0 bridgehead atoms. The highest BCUT2D eigenvalue weighted by molar-refractivity contribution is 5.72. The minimum Gasteiger partial charge on any atom is -0.207 e. The number of alkyl halides is 2. The van der Waals surface area contributed by atoms with Crippen molar-refractivity contribution in [2.45, 2.75) is 71.6 Å². The summed E-state index contributed by atoms with van der Waals surface area (Å²) in [6.07, 6.45) is 1.41. The molecule has 0 aromatic heterocycles. The summed E-state index contributed by atoms with van der Waals surface area (Å²) in [5.74, 6) is -4.38. The number of hydrogen-bond acceptors (Lipinski definition) is 0. The Morgan fingerprint density at radius 1 is 1.06 bits per heavy atom. The zero-order chi connectivity index (χ0) is 22.9. The second-order valence-corrected chi connectivity index (χ2v) is 9.04. The molecule has 0 fully saturated rings. The monoisotopic (exact) mass is 430 g/mol. The summed E-state index contributed by atoms with van der Waals surface area (Å²) < 4.78 is 56.3. The van der Waals surface area contributed by atoms with Crippen LogP contribution in [0.4, 0.5) is 17.6 Å². The predicted molar refractivity (Wildman–Crippen MR) is 120 cm³/mol. The van der Waals surface area contributed by atoms with Gasteiger partial charge in [-0.25, -0.2) is 17.6 Å². The molecule has 0 amide bonds. The van der Waals surface area contributed by atoms with Gasteiger partial charge in [0.05, 0.1) is 0 Å². The van der Waals surface area contributed by atoms with Crippen LogP contribution in [0.2, 0.25) is 0 Å². The van der Waals surface area contributed by atoms with E-state index >= 15 is 0 Å². The van der Waals surface area contributed by atoms with Crippen molar-refractivity contribution in [3.63, 3.8) is 0 Å². The molecule has 0 saturated heterocycles. The van der Waals surface area contributed by atoms with Gasteiger partial charge in [-0.05, 0) is 85.9 Å². The molecule has 0 nitrogen and oxygen atoms in total. The number of hydrogen-bond donors (Lipinski definition) is 0. The molecule has 2 aromatic carbocycles. The lowest BCUT2D eigenvalue weighted by atomic mass is 9.85. The molecule has 0 saturated carbocycles. The van der Waals surface area contributed by atoms with Gasteiger partial charge in [-0.15, -0.1) is 6.58 Å². The Morgan fingerprint density at radius 3 is 2.42 bits per heavy atom. The molecule has 0 N–H and O–H groups in total. The van der Waals surface area contributed by atoms with Gasteiger partial charge in [0.1, 0.15) is 11.6 Å². The van der Waals surface area contributed by atoms with Crippen LogP contribution in [0.3, 0.4) is 0 Å². The fourth-order valence-electron chi connectivity index (χ4n) is 4.61. The summed E-state index contributed by atoms with van der Waals surface area (Å²) >= 11 is 0. The SMILES string of the molecule is C=C(C)CCc1ccc(C(C)CC2=C(c3ccc(F)cc3F)CC(F)(F)C2)c(C)c1C. The van der Waals surface area contributed by atoms with E-state index in [1.807, 2.05) is 13.8 Å². The second-order valence-electron chi connectivity index (χ2n) is 9.04. The molecule has 31 heavy (non-hydrogen) atoms. The molecule has 1 aliphatic rings. The normalized spacial score (nSPS) is 16.6. The lowest BCUT2D eigenvalue weighted by Gasteiger charge is -2.20. The zero-order valence-corrected chi connectivity index (χ0v) is 18.7. The van der Waals surface area contributed by atoms with Gasteiger partial charge in [0.25, 0.3) is 5.92 Å². The van der Waals surface area contributed by atoms with Gasteiger partial charge < -0.3 is 0 Å². The molecule has 1 atom stereocenters. The van der Waals surface area contributed by atoms with Crippen molar-refractivity contribution in [3.8, 4) is 0 Å². The second kappa shape index (κ2) is 9.02. The highest BCUT2D eigenvalue weighted by Crippen LogP contribution is 2.47. The van der Waals surface area contributed by atoms with E-state index in [9.17, 15) is 17.6 Å². The molecule has 2 aromatic rings. The molecule has 0 radical (unpaired) electrons. The maximum absolute atomic E-state index is 14.4. The van der Waals surface area contributed by atoms with Crippen molar-refractivity contribution >= 4 is 5.57 Å². The first kappa shape index (κ1) is 23.3. The topological polar surface area (TPSA) is 0 Å². The van der Waals surface area contributed by atoms with Crippen molar-refractivity contribution in [3.05, 3.63) is 87.5 Å². The Kier molecular flexibility index (Phi) is 6.78. The third-order valence-electron chi connectivity index (χ3n) is 6.44. The standard InChI is InChI=1S/C27H30F4/c1-16(2)6-7-20-8-10-23(19(5)18(20)4)17(3)12-21-14-27(30,31)15-25(21)24-11-9-22(28)13-26(24)29/h8-11,13,17H,1,6-7,12,14-15H2,2-5H3. The zero-order valence-electron chi connectivity index (χ0n) is 18.7. The van der Waals surface area contributed by atoms with E-state index in [-0.39, 0.29) is 17.9 Å². The van der Waals surface area contributed by atoms with E-state index in [1.54, 1.807) is 0 Å². The van der Waals surface area contributed by atoms with E-state index in [1.165, 1.54) is 22.8 Å². The number of allylic oxidation sites excluding steroid dienone is 3. The first-order valence-electron chi connectivity index (χ1n) is 10.8. The summed E-state index contributed by atoms with van der Waals surface area (Å²) in [7, 11) is 0. The van der Waals surface area contributed by atoms with E-state index < -0.39 is 24.0 Å². The fraction of sp³-hybridized carbons (Fsp3) is 0.407. The van der Waals surface area contributed by atoms with Crippen LogP contribution in [-0.4, -0.2) is 5.92 Å². The van der Waals surface area contributed by atoms with E-state index in [2.05, 4.69) is 32.6 Å². The van der Waals surface area contributed by atoms with Crippen LogP contribution in [0.1, 0.15) is 73.3 Å². The predicted octanol–water partition coefficient (Wildman–Crippen LogP) is 8.47. The Labute approximate surface area is 182 Å². The Bertz CT molecular complexity index is 1030. The van der Waals surface area contributed by atoms with Crippen molar-refractivity contribution in [1.82, 2.24) is 0 Å². The van der Waals surface area contributed by atoms with Crippen LogP contribution in [0.15, 0.2) is 48.1 Å². The number of benzene rings is 2. The highest BCUT2D eigenvalue weighted by Gasteiger charge is 2.40. The smallest absolute Gasteiger partial charge is 0.207 e. The average molecular weight is 431 g/mol. The molecule has 4 heteroatoms. The van der Waals surface area contributed by atoms with Crippen molar-refractivity contribution in [2.75, 3.05) is 0 Å². The third kappa shape index (κ3) is 5.28. The van der Waals surface area contributed by atoms with Crippen LogP contribution in [0, 0.1) is 25.5 Å². The van der Waals surface area contributed by atoms with Gasteiger partial charge in [0.2, 0.25) is 0 Å². The molecule has 0 spiro atoms. The molecule has 0 heterocycles. The van der Waals surface area contributed by atoms with Gasteiger partial charge in [-0.1, -0.05) is 30.2 Å². The minimum absolute atomic E-state index is 0.0105. The largest absolute Gasteiger partial charge is 0.255 e. The van der Waals surface area contributed by atoms with Crippen molar-refractivity contribution < 1.29 is 17.6 Å². The van der Waals surface area contributed by atoms with Crippen LogP contribution in [0.25, 0.3) is 5.57 Å². The number of aryl methyl sites for hydroxylation is 1. The van der Waals surface area contributed by atoms with Crippen molar-refractivity contribution in [2.24, 2.45) is 0 Å². The Morgan fingerprint density at radius 2 is 1.77 bits per heavy atom. The molecule has 0 aliphatic heterocycles. The summed E-state index contributed by atoms with van der Waals surface area (Å²) in [6.45, 7) is 12.2. The van der Waals surface area contributed by atoms with Crippen LogP contribution >= 0.6 is 0 Å². The number of rotatable bonds is 7. The summed E-state index contributed by atoms with van der Waals surface area (Å²) in [5.41, 5.74) is 6.91. The number of halogens is 4. The maximum Gasteiger partial charge on any atom is 0.255 e. The van der Waals surface area contributed by atoms with E-state index in [0.717, 1.165) is 36.1 Å². The molecule has 166 valence electrons. The Balaban J connectivity index is 1.90. The average Bonchev–Trinajstić information content (AvgIpc) is 2.96. The minimum atomic E-state index is -2.90. The lowest BCUT2D eigenvalue weighted by Crippen LogP contribution is -2.10. The van der Waals surface area contributed by atoms with Gasteiger partial charge in [-0.2, -0.15) is 0 Å². The third-order valence-corrected chi connectivity index (χ3v) is 6.44. The van der Waals surface area contributed by atoms with E-state index in [4.69, 9.17) is 0 Å². The molecular formula is C27H30F4. The first-order valence-corrected chi connectivity index (χ1v) is 10.8. The molecular weight excluding hydrogens is 400 g/mol.